The summed E-state index contributed by atoms with van der Waals surface area (Å²) in [5.41, 5.74) is 4.18. The lowest BCUT2D eigenvalue weighted by molar-refractivity contribution is 0.0934. The zero-order chi connectivity index (χ0) is 19.4. The molecule has 0 fully saturated rings. The van der Waals surface area contributed by atoms with Gasteiger partial charge < -0.3 is 20.4 Å². The van der Waals surface area contributed by atoms with Crippen LogP contribution in [0, 0.1) is 13.8 Å². The summed E-state index contributed by atoms with van der Waals surface area (Å²) in [7, 11) is 1.57. The summed E-state index contributed by atoms with van der Waals surface area (Å²) in [6.07, 6.45) is 0. The number of nitrogens with one attached hydrogen (secondary N) is 3. The molecule has 0 spiro atoms. The van der Waals surface area contributed by atoms with Gasteiger partial charge in [-0.05, 0) is 38.1 Å². The maximum atomic E-state index is 12.8. The van der Waals surface area contributed by atoms with Gasteiger partial charge in [0.15, 0.2) is 0 Å². The van der Waals surface area contributed by atoms with Crippen molar-refractivity contribution >= 4 is 28.4 Å². The summed E-state index contributed by atoms with van der Waals surface area (Å²) in [5.74, 6) is -0.549. The van der Waals surface area contributed by atoms with Crippen LogP contribution in [0.2, 0.25) is 0 Å². The number of aryl methyl sites for hydroxylation is 2. The van der Waals surface area contributed by atoms with Crippen LogP contribution in [0.5, 0.6) is 0 Å². The molecule has 0 radical (unpaired) electrons. The third kappa shape index (κ3) is 4.17. The highest BCUT2D eigenvalue weighted by Crippen LogP contribution is 2.29. The van der Waals surface area contributed by atoms with E-state index in [4.69, 9.17) is 4.74 Å². The molecule has 6 heteroatoms. The summed E-state index contributed by atoms with van der Waals surface area (Å²) in [5, 5.41) is 6.50. The zero-order valence-corrected chi connectivity index (χ0v) is 15.7. The fourth-order valence-electron chi connectivity index (χ4n) is 2.93. The van der Waals surface area contributed by atoms with Gasteiger partial charge in [-0.15, -0.1) is 0 Å². The minimum absolute atomic E-state index is 0.257. The molecular formula is C21H23N3O3. The molecule has 3 aromatic rings. The Labute approximate surface area is 157 Å². The van der Waals surface area contributed by atoms with Gasteiger partial charge in [0.1, 0.15) is 5.69 Å². The Morgan fingerprint density at radius 2 is 1.81 bits per heavy atom. The Bertz CT molecular complexity index is 992. The van der Waals surface area contributed by atoms with E-state index in [9.17, 15) is 9.59 Å². The fourth-order valence-corrected chi connectivity index (χ4v) is 2.93. The number of H-pyrrole nitrogens is 1. The lowest BCUT2D eigenvalue weighted by atomic mass is 10.1. The Morgan fingerprint density at radius 1 is 1.04 bits per heavy atom. The number of hydrogen-bond acceptors (Lipinski definition) is 3. The van der Waals surface area contributed by atoms with Gasteiger partial charge in [0.25, 0.3) is 11.8 Å². The van der Waals surface area contributed by atoms with Crippen molar-refractivity contribution < 1.29 is 14.3 Å². The van der Waals surface area contributed by atoms with Crippen LogP contribution < -0.4 is 10.6 Å². The van der Waals surface area contributed by atoms with Gasteiger partial charge in [0.2, 0.25) is 0 Å². The number of carbonyl (C=O) groups excluding carboxylic acids is 2. The second-order valence-corrected chi connectivity index (χ2v) is 6.50. The highest BCUT2D eigenvalue weighted by molar-refractivity contribution is 6.15. The first-order chi connectivity index (χ1) is 13.0. The molecule has 140 valence electrons. The van der Waals surface area contributed by atoms with Gasteiger partial charge >= 0.3 is 0 Å². The minimum atomic E-state index is -0.291. The molecule has 0 aliphatic heterocycles. The van der Waals surface area contributed by atoms with E-state index in [1.54, 1.807) is 13.2 Å². The van der Waals surface area contributed by atoms with Crippen molar-refractivity contribution in [3.63, 3.8) is 0 Å². The first-order valence-electron chi connectivity index (χ1n) is 8.77. The van der Waals surface area contributed by atoms with Crippen LogP contribution in [0.1, 0.15) is 32.0 Å². The van der Waals surface area contributed by atoms with Crippen LogP contribution in [-0.4, -0.2) is 37.1 Å². The number of ether oxygens (including phenoxy) is 1. The van der Waals surface area contributed by atoms with E-state index >= 15 is 0 Å². The standard InChI is InChI=1S/C21H23N3O3/c1-13-5-4-6-15(11-13)20(25)24-18-16-12-14(2)7-8-17(16)23-19(18)21(26)22-9-10-27-3/h4-8,11-12,23H,9-10H2,1-3H3,(H,22,26)(H,24,25). The molecule has 0 saturated carbocycles. The van der Waals surface area contributed by atoms with Crippen molar-refractivity contribution in [1.82, 2.24) is 10.3 Å². The molecule has 3 rings (SSSR count). The average Bonchev–Trinajstić information content (AvgIpc) is 2.99. The predicted octanol–water partition coefficient (Wildman–Crippen LogP) is 3.41. The van der Waals surface area contributed by atoms with E-state index in [0.717, 1.165) is 22.0 Å². The van der Waals surface area contributed by atoms with Gasteiger partial charge in [-0.1, -0.05) is 29.3 Å². The third-order valence-electron chi connectivity index (χ3n) is 4.29. The number of rotatable bonds is 6. The zero-order valence-electron chi connectivity index (χ0n) is 15.7. The Kier molecular flexibility index (Phi) is 5.57. The molecule has 0 atom stereocenters. The maximum absolute atomic E-state index is 12.8. The number of fused-ring (bicyclic) bond motifs is 1. The van der Waals surface area contributed by atoms with Crippen molar-refractivity contribution in [2.75, 3.05) is 25.6 Å². The number of methoxy groups -OCH3 is 1. The van der Waals surface area contributed by atoms with E-state index in [-0.39, 0.29) is 11.8 Å². The summed E-state index contributed by atoms with van der Waals surface area (Å²) < 4.78 is 4.97. The molecule has 2 amide bonds. The number of hydrogen-bond donors (Lipinski definition) is 3. The number of aromatic nitrogens is 1. The maximum Gasteiger partial charge on any atom is 0.269 e. The monoisotopic (exact) mass is 365 g/mol. The molecule has 3 N–H and O–H groups in total. The second kappa shape index (κ2) is 8.05. The van der Waals surface area contributed by atoms with Gasteiger partial charge in [0.05, 0.1) is 12.3 Å². The van der Waals surface area contributed by atoms with E-state index in [0.29, 0.717) is 30.1 Å². The van der Waals surface area contributed by atoms with Gasteiger partial charge in [-0.25, -0.2) is 0 Å². The second-order valence-electron chi connectivity index (χ2n) is 6.50. The average molecular weight is 365 g/mol. The number of amides is 2. The van der Waals surface area contributed by atoms with Gasteiger partial charge in [-0.3, -0.25) is 9.59 Å². The van der Waals surface area contributed by atoms with Crippen LogP contribution in [0.4, 0.5) is 5.69 Å². The molecule has 2 aromatic carbocycles. The summed E-state index contributed by atoms with van der Waals surface area (Å²) in [6.45, 7) is 4.70. The quantitative estimate of drug-likeness (QED) is 0.585. The predicted molar refractivity (Wildman–Crippen MR) is 106 cm³/mol. The molecule has 1 aromatic heterocycles. The third-order valence-corrected chi connectivity index (χ3v) is 4.29. The molecule has 27 heavy (non-hydrogen) atoms. The first kappa shape index (κ1) is 18.7. The largest absolute Gasteiger partial charge is 0.383 e. The lowest BCUT2D eigenvalue weighted by Gasteiger charge is -2.09. The van der Waals surface area contributed by atoms with Crippen LogP contribution >= 0.6 is 0 Å². The molecule has 6 nitrogen and oxygen atoms in total. The number of anilines is 1. The van der Waals surface area contributed by atoms with Crippen LogP contribution in [0.15, 0.2) is 42.5 Å². The van der Waals surface area contributed by atoms with Crippen molar-refractivity contribution in [2.45, 2.75) is 13.8 Å². The molecule has 0 aliphatic carbocycles. The minimum Gasteiger partial charge on any atom is -0.383 e. The lowest BCUT2D eigenvalue weighted by Crippen LogP contribution is -2.28. The molecule has 0 bridgehead atoms. The van der Waals surface area contributed by atoms with Crippen molar-refractivity contribution in [3.8, 4) is 0 Å². The first-order valence-corrected chi connectivity index (χ1v) is 8.77. The van der Waals surface area contributed by atoms with Gasteiger partial charge in [0, 0.05) is 30.1 Å². The summed E-state index contributed by atoms with van der Waals surface area (Å²) >= 11 is 0. The number of aromatic amines is 1. The van der Waals surface area contributed by atoms with Crippen molar-refractivity contribution in [2.24, 2.45) is 0 Å². The SMILES string of the molecule is COCCNC(=O)c1[nH]c2ccc(C)cc2c1NC(=O)c1cccc(C)c1. The highest BCUT2D eigenvalue weighted by Gasteiger charge is 2.20. The van der Waals surface area contributed by atoms with E-state index < -0.39 is 0 Å². The Morgan fingerprint density at radius 3 is 2.56 bits per heavy atom. The number of carbonyl (C=O) groups is 2. The van der Waals surface area contributed by atoms with Crippen LogP contribution in [0.3, 0.4) is 0 Å². The fraction of sp³-hybridized carbons (Fsp3) is 0.238. The summed E-state index contributed by atoms with van der Waals surface area (Å²) in [4.78, 5) is 28.5. The van der Waals surface area contributed by atoms with Crippen LogP contribution in [-0.2, 0) is 4.74 Å². The van der Waals surface area contributed by atoms with Crippen molar-refractivity contribution in [3.05, 3.63) is 64.8 Å². The molecule has 0 saturated heterocycles. The Hall–Kier alpha value is -3.12. The smallest absolute Gasteiger partial charge is 0.269 e. The molecule has 0 unspecified atom stereocenters. The van der Waals surface area contributed by atoms with E-state index in [2.05, 4.69) is 15.6 Å². The van der Waals surface area contributed by atoms with Crippen molar-refractivity contribution in [1.29, 1.82) is 0 Å². The molecule has 0 aliphatic rings. The molecular weight excluding hydrogens is 342 g/mol. The highest BCUT2D eigenvalue weighted by atomic mass is 16.5. The van der Waals surface area contributed by atoms with E-state index in [1.165, 1.54) is 0 Å². The normalized spacial score (nSPS) is 10.8. The summed E-state index contributed by atoms with van der Waals surface area (Å²) in [6, 6.07) is 13.1. The Balaban J connectivity index is 1.98. The number of benzene rings is 2. The van der Waals surface area contributed by atoms with E-state index in [1.807, 2.05) is 50.2 Å². The van der Waals surface area contributed by atoms with Crippen LogP contribution in [0.25, 0.3) is 10.9 Å². The van der Waals surface area contributed by atoms with Gasteiger partial charge in [-0.2, -0.15) is 0 Å². The topological polar surface area (TPSA) is 83.2 Å². The molecule has 1 heterocycles.